The van der Waals surface area contributed by atoms with Gasteiger partial charge < -0.3 is 9.73 Å². The van der Waals surface area contributed by atoms with Crippen LogP contribution in [0.3, 0.4) is 0 Å². The van der Waals surface area contributed by atoms with Gasteiger partial charge in [-0.2, -0.15) is 0 Å². The Balaban J connectivity index is 2.04. The fourth-order valence-electron chi connectivity index (χ4n) is 2.19. The molecule has 3 aromatic rings. The smallest absolute Gasteiger partial charge is 0.135 e. The van der Waals surface area contributed by atoms with Gasteiger partial charge in [-0.1, -0.05) is 35.3 Å². The van der Waals surface area contributed by atoms with Gasteiger partial charge in [-0.15, -0.1) is 0 Å². The van der Waals surface area contributed by atoms with E-state index in [1.807, 2.05) is 49.5 Å². The summed E-state index contributed by atoms with van der Waals surface area (Å²) in [6.45, 7) is 0.745. The average molecular weight is 306 g/mol. The molecule has 0 unspecified atom stereocenters. The Morgan fingerprint density at radius 3 is 2.65 bits per heavy atom. The second kappa shape index (κ2) is 5.49. The number of rotatable bonds is 3. The maximum absolute atomic E-state index is 6.28. The molecule has 20 heavy (non-hydrogen) atoms. The molecule has 2 aromatic carbocycles. The van der Waals surface area contributed by atoms with Crippen molar-refractivity contribution in [3.05, 3.63) is 58.1 Å². The Morgan fingerprint density at radius 1 is 1.05 bits per heavy atom. The number of hydrogen-bond donors (Lipinski definition) is 1. The molecule has 0 aliphatic heterocycles. The van der Waals surface area contributed by atoms with Crippen molar-refractivity contribution in [2.24, 2.45) is 0 Å². The van der Waals surface area contributed by atoms with Gasteiger partial charge >= 0.3 is 0 Å². The van der Waals surface area contributed by atoms with Crippen LogP contribution >= 0.6 is 23.2 Å². The van der Waals surface area contributed by atoms with Crippen LogP contribution in [0.5, 0.6) is 0 Å². The van der Waals surface area contributed by atoms with E-state index < -0.39 is 0 Å². The molecule has 1 heterocycles. The van der Waals surface area contributed by atoms with E-state index in [1.54, 1.807) is 0 Å². The molecule has 0 fully saturated rings. The minimum Gasteiger partial charge on any atom is -0.456 e. The fraction of sp³-hybridized carbons (Fsp3) is 0.125. The molecular weight excluding hydrogens is 293 g/mol. The lowest BCUT2D eigenvalue weighted by molar-refractivity contribution is 0.631. The molecule has 0 atom stereocenters. The molecule has 102 valence electrons. The predicted molar refractivity (Wildman–Crippen MR) is 84.4 cm³/mol. The summed E-state index contributed by atoms with van der Waals surface area (Å²) in [4.78, 5) is 0. The van der Waals surface area contributed by atoms with Gasteiger partial charge in [0, 0.05) is 27.5 Å². The van der Waals surface area contributed by atoms with E-state index in [-0.39, 0.29) is 0 Å². The van der Waals surface area contributed by atoms with Gasteiger partial charge in [0.15, 0.2) is 0 Å². The first-order valence-electron chi connectivity index (χ1n) is 6.30. The summed E-state index contributed by atoms with van der Waals surface area (Å²) in [5, 5.41) is 5.51. The van der Waals surface area contributed by atoms with Gasteiger partial charge in [-0.05, 0) is 42.9 Å². The number of nitrogens with one attached hydrogen (secondary N) is 1. The molecular formula is C16H13Cl2NO. The molecule has 0 radical (unpaired) electrons. The van der Waals surface area contributed by atoms with Crippen molar-refractivity contribution in [2.45, 2.75) is 6.54 Å². The molecule has 0 amide bonds. The zero-order chi connectivity index (χ0) is 14.1. The summed E-state index contributed by atoms with van der Waals surface area (Å²) in [6.07, 6.45) is 0. The second-order valence-corrected chi connectivity index (χ2v) is 5.47. The molecule has 4 heteroatoms. The minimum absolute atomic E-state index is 0.701. The first-order valence-corrected chi connectivity index (χ1v) is 7.05. The van der Waals surface area contributed by atoms with Gasteiger partial charge in [0.2, 0.25) is 0 Å². The van der Waals surface area contributed by atoms with Crippen molar-refractivity contribution in [3.63, 3.8) is 0 Å². The first-order chi connectivity index (χ1) is 9.67. The van der Waals surface area contributed by atoms with Crippen LogP contribution in [0, 0.1) is 0 Å². The Hall–Kier alpha value is -1.48. The van der Waals surface area contributed by atoms with E-state index in [0.717, 1.165) is 39.4 Å². The summed E-state index contributed by atoms with van der Waals surface area (Å²) in [5.74, 6) is 0.792. The van der Waals surface area contributed by atoms with Crippen LogP contribution in [-0.4, -0.2) is 7.05 Å². The standard InChI is InChI=1S/C16H13Cl2NO/c1-19-9-11-3-2-10(7-14(11)18)16-8-12-6-13(17)4-5-15(12)20-16/h2-8,19H,9H2,1H3. The largest absolute Gasteiger partial charge is 0.456 e. The lowest BCUT2D eigenvalue weighted by atomic mass is 10.1. The Bertz CT molecular complexity index is 764. The average Bonchev–Trinajstić information content (AvgIpc) is 2.84. The molecule has 2 nitrogen and oxygen atoms in total. The van der Waals surface area contributed by atoms with Gasteiger partial charge in [-0.25, -0.2) is 0 Å². The Kier molecular flexibility index (Phi) is 3.70. The van der Waals surface area contributed by atoms with Crippen LogP contribution in [0.1, 0.15) is 5.56 Å². The maximum atomic E-state index is 6.28. The first kappa shape index (κ1) is 13.5. The lowest BCUT2D eigenvalue weighted by Gasteiger charge is -2.05. The molecule has 0 aliphatic carbocycles. The van der Waals surface area contributed by atoms with E-state index in [0.29, 0.717) is 5.02 Å². The quantitative estimate of drug-likeness (QED) is 0.726. The van der Waals surface area contributed by atoms with E-state index >= 15 is 0 Å². The topological polar surface area (TPSA) is 25.2 Å². The van der Waals surface area contributed by atoms with Crippen LogP contribution in [0.4, 0.5) is 0 Å². The third-order valence-electron chi connectivity index (χ3n) is 3.18. The molecule has 1 N–H and O–H groups in total. The number of hydrogen-bond acceptors (Lipinski definition) is 2. The highest BCUT2D eigenvalue weighted by atomic mass is 35.5. The maximum Gasteiger partial charge on any atom is 0.135 e. The number of fused-ring (bicyclic) bond motifs is 1. The summed E-state index contributed by atoms with van der Waals surface area (Å²) in [5.41, 5.74) is 2.85. The van der Waals surface area contributed by atoms with Crippen LogP contribution in [0.2, 0.25) is 10.0 Å². The third-order valence-corrected chi connectivity index (χ3v) is 3.77. The van der Waals surface area contributed by atoms with E-state index in [4.69, 9.17) is 27.6 Å². The zero-order valence-electron chi connectivity index (χ0n) is 10.9. The van der Waals surface area contributed by atoms with Crippen LogP contribution in [0.25, 0.3) is 22.3 Å². The monoisotopic (exact) mass is 305 g/mol. The highest BCUT2D eigenvalue weighted by Crippen LogP contribution is 2.31. The van der Waals surface area contributed by atoms with E-state index in [9.17, 15) is 0 Å². The molecule has 0 aliphatic rings. The number of benzene rings is 2. The molecule has 0 saturated heterocycles. The zero-order valence-corrected chi connectivity index (χ0v) is 12.4. The van der Waals surface area contributed by atoms with Crippen LogP contribution < -0.4 is 5.32 Å². The molecule has 3 rings (SSSR count). The van der Waals surface area contributed by atoms with Gasteiger partial charge in [0.25, 0.3) is 0 Å². The van der Waals surface area contributed by atoms with E-state index in [2.05, 4.69) is 5.32 Å². The lowest BCUT2D eigenvalue weighted by Crippen LogP contribution is -2.05. The van der Waals surface area contributed by atoms with E-state index in [1.165, 1.54) is 0 Å². The van der Waals surface area contributed by atoms with Crippen molar-refractivity contribution in [3.8, 4) is 11.3 Å². The molecule has 1 aromatic heterocycles. The predicted octanol–water partition coefficient (Wildman–Crippen LogP) is 5.13. The molecule has 0 spiro atoms. The third kappa shape index (κ3) is 2.55. The molecule has 0 saturated carbocycles. The van der Waals surface area contributed by atoms with Crippen molar-refractivity contribution in [1.82, 2.24) is 5.32 Å². The summed E-state index contributed by atoms with van der Waals surface area (Å²) in [6, 6.07) is 13.5. The summed E-state index contributed by atoms with van der Waals surface area (Å²) >= 11 is 12.3. The normalized spacial score (nSPS) is 11.2. The van der Waals surface area contributed by atoms with Gasteiger partial charge in [-0.3, -0.25) is 0 Å². The van der Waals surface area contributed by atoms with Crippen molar-refractivity contribution >= 4 is 34.2 Å². The SMILES string of the molecule is CNCc1ccc(-c2cc3cc(Cl)ccc3o2)cc1Cl. The van der Waals surface area contributed by atoms with Crippen molar-refractivity contribution < 1.29 is 4.42 Å². The fourth-order valence-corrected chi connectivity index (χ4v) is 2.62. The highest BCUT2D eigenvalue weighted by molar-refractivity contribution is 6.32. The summed E-state index contributed by atoms with van der Waals surface area (Å²) in [7, 11) is 1.90. The van der Waals surface area contributed by atoms with Crippen LogP contribution in [0.15, 0.2) is 46.9 Å². The second-order valence-electron chi connectivity index (χ2n) is 4.63. The Labute approximate surface area is 127 Å². The van der Waals surface area contributed by atoms with Gasteiger partial charge in [0.05, 0.1) is 0 Å². The van der Waals surface area contributed by atoms with Crippen molar-refractivity contribution in [1.29, 1.82) is 0 Å². The number of furan rings is 1. The van der Waals surface area contributed by atoms with Gasteiger partial charge in [0.1, 0.15) is 11.3 Å². The Morgan fingerprint density at radius 2 is 1.90 bits per heavy atom. The van der Waals surface area contributed by atoms with Crippen molar-refractivity contribution in [2.75, 3.05) is 7.05 Å². The summed E-state index contributed by atoms with van der Waals surface area (Å²) < 4.78 is 5.83. The highest BCUT2D eigenvalue weighted by Gasteiger charge is 2.09. The molecule has 0 bridgehead atoms. The number of halogens is 2. The van der Waals surface area contributed by atoms with Crippen LogP contribution in [-0.2, 0) is 6.54 Å². The minimum atomic E-state index is 0.701.